The van der Waals surface area contributed by atoms with Crippen molar-refractivity contribution in [2.45, 2.75) is 37.5 Å². The monoisotopic (exact) mass is 850 g/mol. The minimum atomic E-state index is -0.104. The summed E-state index contributed by atoms with van der Waals surface area (Å²) in [5.41, 5.74) is 15.7. The first-order chi connectivity index (χ1) is 22.1. The van der Waals surface area contributed by atoms with Crippen LogP contribution in [0.15, 0.2) is 139 Å². The quantitative estimate of drug-likeness (QED) is 0.166. The van der Waals surface area contributed by atoms with Gasteiger partial charge in [-0.1, -0.05) is 126 Å². The Morgan fingerprint density at radius 3 is 0.739 bits per heavy atom. The molecule has 2 bridgehead atoms. The first-order valence-electron chi connectivity index (χ1n) is 15.6. The van der Waals surface area contributed by atoms with Crippen LogP contribution < -0.4 is 0 Å². The van der Waals surface area contributed by atoms with Crippen molar-refractivity contribution in [2.75, 3.05) is 0 Å². The van der Waals surface area contributed by atoms with Crippen LogP contribution in [0.3, 0.4) is 0 Å². The Morgan fingerprint density at radius 1 is 0.348 bits per heavy atom. The minimum Gasteiger partial charge on any atom is -0.0532 e. The summed E-state index contributed by atoms with van der Waals surface area (Å²) in [7, 11) is 0. The molecule has 0 heterocycles. The molecule has 0 saturated carbocycles. The lowest BCUT2D eigenvalue weighted by Gasteiger charge is -2.54. The molecule has 3 aliphatic carbocycles. The lowest BCUT2D eigenvalue weighted by molar-refractivity contribution is 0.327. The van der Waals surface area contributed by atoms with Gasteiger partial charge in [0.2, 0.25) is 0 Å². The average molecular weight is 854 g/mol. The van der Waals surface area contributed by atoms with Crippen LogP contribution in [0.2, 0.25) is 0 Å². The molecule has 4 heteroatoms. The van der Waals surface area contributed by atoms with Gasteiger partial charge in [0, 0.05) is 28.7 Å². The predicted octanol–water partition coefficient (Wildman–Crippen LogP) is 14.1. The standard InChI is InChI=1S/C42H30Br4/c1-41-19-20-42(2,39-23-35(27-7-15-31(45)16-8-27)33(21-37(39)41)25-3-11-29(43)12-4-25)40-24-36(28-9-17-32(46)18-10-28)34(22-38(40)41)26-5-13-30(44)14-6-26/h3-18,21-24H,19-20H2,1-2H3. The summed E-state index contributed by atoms with van der Waals surface area (Å²) in [6, 6.07) is 45.2. The number of fused-ring (bicyclic) bond motifs is 1. The molecule has 0 N–H and O–H groups in total. The molecule has 6 aromatic carbocycles. The van der Waals surface area contributed by atoms with Crippen molar-refractivity contribution in [2.24, 2.45) is 0 Å². The zero-order chi connectivity index (χ0) is 31.8. The Balaban J connectivity index is 1.41. The topological polar surface area (TPSA) is 0 Å². The maximum Gasteiger partial charge on any atom is 0.0181 e. The Kier molecular flexibility index (Phi) is 7.60. The first kappa shape index (κ1) is 30.6. The van der Waals surface area contributed by atoms with E-state index < -0.39 is 0 Å². The van der Waals surface area contributed by atoms with Crippen LogP contribution in [0, 0.1) is 0 Å². The molecule has 226 valence electrons. The summed E-state index contributed by atoms with van der Waals surface area (Å²) in [5, 5.41) is 0. The number of hydrogen-bond donors (Lipinski definition) is 0. The van der Waals surface area contributed by atoms with Gasteiger partial charge < -0.3 is 0 Å². The zero-order valence-electron chi connectivity index (χ0n) is 25.5. The third kappa shape index (κ3) is 4.94. The molecule has 0 radical (unpaired) electrons. The lowest BCUT2D eigenvalue weighted by atomic mass is 9.49. The van der Waals surface area contributed by atoms with Gasteiger partial charge >= 0.3 is 0 Å². The minimum absolute atomic E-state index is 0.104. The molecular weight excluding hydrogens is 824 g/mol. The van der Waals surface area contributed by atoms with Crippen LogP contribution in [0.1, 0.15) is 48.9 Å². The molecule has 0 amide bonds. The van der Waals surface area contributed by atoms with Gasteiger partial charge in [-0.2, -0.15) is 0 Å². The molecule has 0 unspecified atom stereocenters. The summed E-state index contributed by atoms with van der Waals surface area (Å²) in [6.07, 6.45) is 2.25. The molecular formula is C42H30Br4. The van der Waals surface area contributed by atoms with Gasteiger partial charge in [-0.3, -0.25) is 0 Å². The molecule has 0 spiro atoms. The van der Waals surface area contributed by atoms with E-state index in [9.17, 15) is 0 Å². The van der Waals surface area contributed by atoms with Gasteiger partial charge in [0.1, 0.15) is 0 Å². The molecule has 46 heavy (non-hydrogen) atoms. The van der Waals surface area contributed by atoms with E-state index in [1.165, 1.54) is 66.8 Å². The Morgan fingerprint density at radius 2 is 0.543 bits per heavy atom. The van der Waals surface area contributed by atoms with Crippen molar-refractivity contribution in [3.05, 3.63) is 161 Å². The second kappa shape index (κ2) is 11.4. The fourth-order valence-electron chi connectivity index (χ4n) is 7.83. The van der Waals surface area contributed by atoms with Gasteiger partial charge in [-0.15, -0.1) is 0 Å². The molecule has 6 aromatic rings. The molecule has 0 nitrogen and oxygen atoms in total. The van der Waals surface area contributed by atoms with Crippen molar-refractivity contribution in [1.82, 2.24) is 0 Å². The van der Waals surface area contributed by atoms with E-state index >= 15 is 0 Å². The van der Waals surface area contributed by atoms with E-state index in [1.54, 1.807) is 0 Å². The van der Waals surface area contributed by atoms with E-state index in [-0.39, 0.29) is 10.8 Å². The van der Waals surface area contributed by atoms with E-state index in [4.69, 9.17) is 0 Å². The molecule has 0 aliphatic heterocycles. The summed E-state index contributed by atoms with van der Waals surface area (Å²) < 4.78 is 4.37. The van der Waals surface area contributed by atoms with E-state index in [0.29, 0.717) is 0 Å². The van der Waals surface area contributed by atoms with Crippen LogP contribution in [0.25, 0.3) is 44.5 Å². The highest BCUT2D eigenvalue weighted by Gasteiger charge is 2.52. The van der Waals surface area contributed by atoms with Crippen LogP contribution in [-0.2, 0) is 10.8 Å². The number of hydrogen-bond acceptors (Lipinski definition) is 0. The van der Waals surface area contributed by atoms with E-state index in [1.807, 2.05) is 0 Å². The maximum absolute atomic E-state index is 3.66. The van der Waals surface area contributed by atoms with Gasteiger partial charge in [0.05, 0.1) is 0 Å². The van der Waals surface area contributed by atoms with Gasteiger partial charge in [-0.05, 0) is 152 Å². The van der Waals surface area contributed by atoms with E-state index in [0.717, 1.165) is 30.7 Å². The van der Waals surface area contributed by atoms with Gasteiger partial charge in [-0.25, -0.2) is 0 Å². The highest BCUT2D eigenvalue weighted by atomic mass is 79.9. The molecule has 0 aromatic heterocycles. The Hall–Kier alpha value is -2.76. The van der Waals surface area contributed by atoms with Crippen LogP contribution in [-0.4, -0.2) is 0 Å². The summed E-state index contributed by atoms with van der Waals surface area (Å²) >= 11 is 14.6. The van der Waals surface area contributed by atoms with Crippen LogP contribution >= 0.6 is 63.7 Å². The van der Waals surface area contributed by atoms with Crippen LogP contribution in [0.5, 0.6) is 0 Å². The second-order valence-corrected chi connectivity index (χ2v) is 16.7. The maximum atomic E-state index is 3.66. The average Bonchev–Trinajstić information content (AvgIpc) is 3.07. The molecule has 9 rings (SSSR count). The highest BCUT2D eigenvalue weighted by molar-refractivity contribution is 9.11. The molecule has 0 atom stereocenters. The summed E-state index contributed by atoms with van der Waals surface area (Å²) in [4.78, 5) is 0. The van der Waals surface area contributed by atoms with Gasteiger partial charge in [0.15, 0.2) is 0 Å². The number of benzene rings is 6. The molecule has 0 saturated heterocycles. The predicted molar refractivity (Wildman–Crippen MR) is 208 cm³/mol. The number of halogens is 4. The lowest BCUT2D eigenvalue weighted by Crippen LogP contribution is -2.46. The highest BCUT2D eigenvalue weighted by Crippen LogP contribution is 2.61. The third-order valence-corrected chi connectivity index (χ3v) is 12.6. The van der Waals surface area contributed by atoms with E-state index in [2.05, 4.69) is 199 Å². The third-order valence-electron chi connectivity index (χ3n) is 10.4. The van der Waals surface area contributed by atoms with Gasteiger partial charge in [0.25, 0.3) is 0 Å². The normalized spacial score (nSPS) is 19.5. The largest absolute Gasteiger partial charge is 0.0532 e. The van der Waals surface area contributed by atoms with Crippen molar-refractivity contribution in [1.29, 1.82) is 0 Å². The second-order valence-electron chi connectivity index (χ2n) is 13.1. The zero-order valence-corrected chi connectivity index (χ0v) is 31.8. The Bertz CT molecular complexity index is 1820. The van der Waals surface area contributed by atoms with Crippen molar-refractivity contribution < 1.29 is 0 Å². The first-order valence-corrected chi connectivity index (χ1v) is 18.7. The molecule has 0 fully saturated rings. The molecule has 3 aliphatic rings. The smallest absolute Gasteiger partial charge is 0.0181 e. The Labute approximate surface area is 304 Å². The SMILES string of the molecule is CC12CCC(C)(c3cc(-c4ccc(Br)cc4)c(-c4ccc(Br)cc4)cc31)c1cc(-c3ccc(Br)cc3)c(-c3ccc(Br)cc3)cc12. The van der Waals surface area contributed by atoms with Crippen LogP contribution in [0.4, 0.5) is 0 Å². The fourth-order valence-corrected chi connectivity index (χ4v) is 8.88. The van der Waals surface area contributed by atoms with Crippen molar-refractivity contribution in [3.8, 4) is 44.5 Å². The summed E-state index contributed by atoms with van der Waals surface area (Å²) in [6.45, 7) is 4.97. The fraction of sp³-hybridized carbons (Fsp3) is 0.143. The van der Waals surface area contributed by atoms with Crippen molar-refractivity contribution >= 4 is 63.7 Å². The number of rotatable bonds is 4. The van der Waals surface area contributed by atoms with Crippen molar-refractivity contribution in [3.63, 3.8) is 0 Å². The summed E-state index contributed by atoms with van der Waals surface area (Å²) in [5.74, 6) is 0.